The summed E-state index contributed by atoms with van der Waals surface area (Å²) in [5.74, 6) is 0.788. The third-order valence-electron chi connectivity index (χ3n) is 6.33. The number of aryl methyl sites for hydroxylation is 1. The van der Waals surface area contributed by atoms with Gasteiger partial charge in [0.2, 0.25) is 0 Å². The number of anilines is 1. The zero-order valence-electron chi connectivity index (χ0n) is 22.7. The Labute approximate surface area is 221 Å². The molecular weight excluding hydrogens is 470 g/mol. The van der Waals surface area contributed by atoms with E-state index < -0.39 is 0 Å². The molecule has 2 aliphatic heterocycles. The van der Waals surface area contributed by atoms with E-state index >= 15 is 0 Å². The van der Waals surface area contributed by atoms with Crippen LogP contribution in [0.3, 0.4) is 0 Å². The lowest BCUT2D eigenvalue weighted by molar-refractivity contribution is -0.126. The van der Waals surface area contributed by atoms with Crippen molar-refractivity contribution in [1.82, 2.24) is 9.80 Å². The van der Waals surface area contributed by atoms with E-state index in [0.717, 1.165) is 70.0 Å². The molecule has 2 atom stereocenters. The van der Waals surface area contributed by atoms with Crippen molar-refractivity contribution >= 4 is 18.2 Å². The molecule has 2 amide bonds. The Morgan fingerprint density at radius 1 is 1.05 bits per heavy atom. The molecule has 1 N–H and O–H groups in total. The fourth-order valence-electron chi connectivity index (χ4n) is 4.36. The number of nitrogens with zero attached hydrogens (tertiary/aromatic N) is 2. The predicted molar refractivity (Wildman–Crippen MR) is 147 cm³/mol. The number of methoxy groups -OCH3 is 2. The second-order valence-electron chi connectivity index (χ2n) is 9.15. The van der Waals surface area contributed by atoms with E-state index in [0.29, 0.717) is 18.6 Å². The molecule has 0 radical (unpaired) electrons. The molecule has 2 fully saturated rings. The second kappa shape index (κ2) is 17.4. The fraction of sp³-hybridized carbons (Fsp3) is 0.517. The molecule has 0 saturated carbocycles. The third kappa shape index (κ3) is 10.8. The Balaban J connectivity index is 0.000000363. The molecule has 0 unspecified atom stereocenters. The molecule has 4 rings (SSSR count). The highest BCUT2D eigenvalue weighted by Gasteiger charge is 2.40. The second-order valence-corrected chi connectivity index (χ2v) is 9.15. The molecule has 8 nitrogen and oxygen atoms in total. The van der Waals surface area contributed by atoms with Crippen LogP contribution in [-0.4, -0.2) is 81.5 Å². The third-order valence-corrected chi connectivity index (χ3v) is 6.33. The van der Waals surface area contributed by atoms with Gasteiger partial charge in [0.15, 0.2) is 0 Å². The summed E-state index contributed by atoms with van der Waals surface area (Å²) in [6, 6.07) is 18.7. The molecular formula is C29H43N3O5. The van der Waals surface area contributed by atoms with Gasteiger partial charge in [0.1, 0.15) is 5.75 Å². The molecule has 2 aliphatic rings. The van der Waals surface area contributed by atoms with Crippen LogP contribution in [0.4, 0.5) is 10.5 Å². The van der Waals surface area contributed by atoms with Crippen LogP contribution in [-0.2, 0) is 14.3 Å². The SMILES string of the molecule is CCCOC[C@@H]1C[C@@H]2CN(C(=O)Nc3ccc(OC)cc3)CCCCN12.COC=O.Cc1ccccc1. The van der Waals surface area contributed by atoms with E-state index in [1.165, 1.54) is 12.7 Å². The number of carbonyl (C=O) groups excluding carboxylic acids is 2. The average molecular weight is 514 g/mol. The molecule has 37 heavy (non-hydrogen) atoms. The standard InChI is InChI=1S/C20H31N3O3.C7H8.C2H4O2/c1-3-12-26-15-18-13-17-14-22(10-4-5-11-23(17)18)20(24)21-16-6-8-19(25-2)9-7-16;1-7-5-3-2-4-6-7;1-4-2-3/h6-9,17-18H,3-5,10-15H2,1-2H3,(H,21,24);2-6H,1H3;2H,1H3/t17-,18+;;/m1../s1. The van der Waals surface area contributed by atoms with Crippen molar-refractivity contribution in [2.75, 3.05) is 52.4 Å². The average Bonchev–Trinajstić information content (AvgIpc) is 2.91. The molecule has 2 aromatic rings. The minimum absolute atomic E-state index is 0.0114. The first kappa shape index (κ1) is 30.1. The van der Waals surface area contributed by atoms with Crippen molar-refractivity contribution in [2.24, 2.45) is 0 Å². The summed E-state index contributed by atoms with van der Waals surface area (Å²) in [5, 5.41) is 3.01. The Bertz CT molecular complexity index is 894. The number of nitrogens with one attached hydrogen (secondary N) is 1. The van der Waals surface area contributed by atoms with E-state index in [4.69, 9.17) is 14.3 Å². The normalized spacial score (nSPS) is 18.6. The number of rotatable bonds is 7. The van der Waals surface area contributed by atoms with Gasteiger partial charge in [-0.05, 0) is 63.4 Å². The lowest BCUT2D eigenvalue weighted by Gasteiger charge is -2.51. The van der Waals surface area contributed by atoms with Gasteiger partial charge in [0.05, 0.1) is 20.8 Å². The lowest BCUT2D eigenvalue weighted by atomic mass is 9.91. The molecule has 2 saturated heterocycles. The highest BCUT2D eigenvalue weighted by molar-refractivity contribution is 5.89. The predicted octanol–water partition coefficient (Wildman–Crippen LogP) is 4.98. The van der Waals surface area contributed by atoms with Gasteiger partial charge in [0.25, 0.3) is 6.47 Å². The van der Waals surface area contributed by atoms with Gasteiger partial charge in [-0.2, -0.15) is 0 Å². The molecule has 204 valence electrons. The number of hydrogen-bond donors (Lipinski definition) is 1. The van der Waals surface area contributed by atoms with Crippen molar-refractivity contribution in [3.05, 3.63) is 60.2 Å². The Morgan fingerprint density at radius 3 is 2.30 bits per heavy atom. The van der Waals surface area contributed by atoms with Crippen LogP contribution in [0.25, 0.3) is 0 Å². The number of carbonyl (C=O) groups is 2. The monoisotopic (exact) mass is 513 g/mol. The molecule has 0 spiro atoms. The molecule has 2 heterocycles. The van der Waals surface area contributed by atoms with Gasteiger partial charge in [-0.15, -0.1) is 0 Å². The van der Waals surface area contributed by atoms with Gasteiger partial charge < -0.3 is 24.4 Å². The number of amides is 2. The van der Waals surface area contributed by atoms with E-state index in [-0.39, 0.29) is 6.03 Å². The Kier molecular flexibility index (Phi) is 14.1. The molecule has 0 bridgehead atoms. The van der Waals surface area contributed by atoms with Gasteiger partial charge in [0, 0.05) is 37.5 Å². The van der Waals surface area contributed by atoms with Crippen LogP contribution in [0.2, 0.25) is 0 Å². The topological polar surface area (TPSA) is 80.3 Å². The highest BCUT2D eigenvalue weighted by Crippen LogP contribution is 2.29. The maximum Gasteiger partial charge on any atom is 0.321 e. The van der Waals surface area contributed by atoms with E-state index in [2.05, 4.69) is 40.9 Å². The van der Waals surface area contributed by atoms with Crippen molar-refractivity contribution in [3.63, 3.8) is 0 Å². The first-order valence-electron chi connectivity index (χ1n) is 13.0. The number of benzene rings is 2. The first-order valence-corrected chi connectivity index (χ1v) is 13.0. The van der Waals surface area contributed by atoms with Crippen LogP contribution in [0.15, 0.2) is 54.6 Å². The summed E-state index contributed by atoms with van der Waals surface area (Å²) in [6.07, 6.45) is 4.36. The maximum absolute atomic E-state index is 12.7. The van der Waals surface area contributed by atoms with E-state index in [9.17, 15) is 4.79 Å². The first-order chi connectivity index (χ1) is 18.0. The number of hydrogen-bond acceptors (Lipinski definition) is 6. The van der Waals surface area contributed by atoms with Gasteiger partial charge >= 0.3 is 6.03 Å². The van der Waals surface area contributed by atoms with Crippen LogP contribution < -0.4 is 10.1 Å². The van der Waals surface area contributed by atoms with E-state index in [1.54, 1.807) is 7.11 Å². The summed E-state index contributed by atoms with van der Waals surface area (Å²) in [4.78, 5) is 26.1. The zero-order chi connectivity index (χ0) is 26.9. The lowest BCUT2D eigenvalue weighted by Crippen LogP contribution is -2.63. The number of ether oxygens (including phenoxy) is 3. The summed E-state index contributed by atoms with van der Waals surface area (Å²) in [7, 11) is 2.95. The van der Waals surface area contributed by atoms with Gasteiger partial charge in [-0.3, -0.25) is 9.69 Å². The smallest absolute Gasteiger partial charge is 0.321 e. The van der Waals surface area contributed by atoms with Crippen LogP contribution in [0, 0.1) is 6.92 Å². The summed E-state index contributed by atoms with van der Waals surface area (Å²) in [6.45, 7) is 9.00. The molecule has 8 heteroatoms. The Morgan fingerprint density at radius 2 is 1.73 bits per heavy atom. The number of fused-ring (bicyclic) bond motifs is 1. The van der Waals surface area contributed by atoms with E-state index in [1.807, 2.05) is 47.4 Å². The highest BCUT2D eigenvalue weighted by atomic mass is 16.5. The molecule has 0 aliphatic carbocycles. The zero-order valence-corrected chi connectivity index (χ0v) is 22.7. The van der Waals surface area contributed by atoms with Crippen molar-refractivity contribution < 1.29 is 23.8 Å². The summed E-state index contributed by atoms with van der Waals surface area (Å²) >= 11 is 0. The molecule has 0 aromatic heterocycles. The number of urea groups is 1. The van der Waals surface area contributed by atoms with Crippen molar-refractivity contribution in [2.45, 2.75) is 51.6 Å². The van der Waals surface area contributed by atoms with Crippen LogP contribution >= 0.6 is 0 Å². The summed E-state index contributed by atoms with van der Waals surface area (Å²) < 4.78 is 14.8. The minimum Gasteiger partial charge on any atom is -0.497 e. The van der Waals surface area contributed by atoms with Crippen molar-refractivity contribution in [3.8, 4) is 5.75 Å². The molecule has 2 aromatic carbocycles. The van der Waals surface area contributed by atoms with Crippen molar-refractivity contribution in [1.29, 1.82) is 0 Å². The fourth-order valence-corrected chi connectivity index (χ4v) is 4.36. The quantitative estimate of drug-likeness (QED) is 0.416. The van der Waals surface area contributed by atoms with Crippen LogP contribution in [0.1, 0.15) is 38.2 Å². The van der Waals surface area contributed by atoms with Gasteiger partial charge in [-0.1, -0.05) is 42.8 Å². The van der Waals surface area contributed by atoms with Crippen LogP contribution in [0.5, 0.6) is 5.75 Å². The Hall–Kier alpha value is -3.10. The van der Waals surface area contributed by atoms with Gasteiger partial charge in [-0.25, -0.2) is 4.79 Å². The minimum atomic E-state index is -0.0114. The maximum atomic E-state index is 12.7. The summed E-state index contributed by atoms with van der Waals surface area (Å²) in [5.41, 5.74) is 2.12. The largest absolute Gasteiger partial charge is 0.497 e.